The zero-order chi connectivity index (χ0) is 14.5. The fourth-order valence-electron chi connectivity index (χ4n) is 1.60. The van der Waals surface area contributed by atoms with Crippen molar-refractivity contribution in [2.45, 2.75) is 19.5 Å². The zero-order valence-corrected chi connectivity index (χ0v) is 11.3. The second-order valence-electron chi connectivity index (χ2n) is 4.28. The van der Waals surface area contributed by atoms with Crippen molar-refractivity contribution in [1.29, 1.82) is 0 Å². The lowest BCUT2D eigenvalue weighted by atomic mass is 10.1. The molecule has 0 saturated heterocycles. The number of aryl methyl sites for hydroxylation is 1. The van der Waals surface area contributed by atoms with Crippen LogP contribution in [-0.4, -0.2) is 36.0 Å². The molecule has 0 radical (unpaired) electrons. The molecule has 106 valence electrons. The van der Waals surface area contributed by atoms with Gasteiger partial charge in [0.25, 0.3) is 0 Å². The smallest absolute Gasteiger partial charge is 0.332 e. The van der Waals surface area contributed by atoms with Gasteiger partial charge >= 0.3 is 6.18 Å². The Morgan fingerprint density at radius 2 is 1.84 bits per heavy atom. The fourth-order valence-corrected chi connectivity index (χ4v) is 1.81. The van der Waals surface area contributed by atoms with E-state index >= 15 is 0 Å². The highest BCUT2D eigenvalue weighted by Crippen LogP contribution is 2.17. The van der Waals surface area contributed by atoms with E-state index in [-0.39, 0.29) is 18.8 Å². The Kier molecular flexibility index (Phi) is 5.66. The van der Waals surface area contributed by atoms with Crippen molar-refractivity contribution in [3.8, 4) is 0 Å². The third kappa shape index (κ3) is 5.96. The average molecular weight is 294 g/mol. The number of halogens is 4. The number of amides is 1. The molecule has 0 heterocycles. The van der Waals surface area contributed by atoms with Crippen LogP contribution in [0.4, 0.5) is 13.2 Å². The maximum atomic E-state index is 12.3. The Morgan fingerprint density at radius 3 is 2.32 bits per heavy atom. The van der Waals surface area contributed by atoms with E-state index in [0.717, 1.165) is 10.5 Å². The average Bonchev–Trinajstić information content (AvgIpc) is 2.30. The molecule has 0 spiro atoms. The van der Waals surface area contributed by atoms with Crippen molar-refractivity contribution in [1.82, 2.24) is 4.90 Å². The highest BCUT2D eigenvalue weighted by molar-refractivity contribution is 6.18. The number of carbonyl (C=O) groups is 1. The van der Waals surface area contributed by atoms with Crippen molar-refractivity contribution >= 4 is 17.5 Å². The van der Waals surface area contributed by atoms with Gasteiger partial charge < -0.3 is 4.90 Å². The predicted octanol–water partition coefficient (Wildman–Crippen LogP) is 3.17. The van der Waals surface area contributed by atoms with Crippen molar-refractivity contribution in [2.75, 3.05) is 19.0 Å². The molecule has 0 atom stereocenters. The van der Waals surface area contributed by atoms with Crippen LogP contribution >= 0.6 is 11.6 Å². The van der Waals surface area contributed by atoms with Crippen LogP contribution in [0.25, 0.3) is 0 Å². The van der Waals surface area contributed by atoms with Crippen LogP contribution in [0.2, 0.25) is 0 Å². The summed E-state index contributed by atoms with van der Waals surface area (Å²) in [6, 6.07) is 7.11. The number of rotatable bonds is 5. The summed E-state index contributed by atoms with van der Waals surface area (Å²) >= 11 is 5.43. The first kappa shape index (κ1) is 15.8. The van der Waals surface area contributed by atoms with Gasteiger partial charge in [-0.15, -0.1) is 11.6 Å². The van der Waals surface area contributed by atoms with Crippen molar-refractivity contribution in [2.24, 2.45) is 0 Å². The topological polar surface area (TPSA) is 20.3 Å². The molecule has 1 rings (SSSR count). The minimum absolute atomic E-state index is 0.0181. The predicted molar refractivity (Wildman–Crippen MR) is 68.2 cm³/mol. The summed E-state index contributed by atoms with van der Waals surface area (Å²) < 4.78 is 37.0. The molecule has 0 aliphatic rings. The molecule has 1 aromatic rings. The van der Waals surface area contributed by atoms with Gasteiger partial charge in [-0.3, -0.25) is 4.79 Å². The molecule has 0 aromatic heterocycles. The lowest BCUT2D eigenvalue weighted by Crippen LogP contribution is -2.40. The van der Waals surface area contributed by atoms with Crippen LogP contribution in [0.3, 0.4) is 0 Å². The van der Waals surface area contributed by atoms with Crippen LogP contribution in [0.15, 0.2) is 24.3 Å². The highest BCUT2D eigenvalue weighted by atomic mass is 35.5. The standard InChI is InChI=1S/C13H15ClF3NO/c1-10-2-4-11(5-3-10)8-12(19)18(7-6-14)9-13(15,16)17/h2-5H,6-9H2,1H3. The van der Waals surface area contributed by atoms with Crippen molar-refractivity contribution in [3.63, 3.8) is 0 Å². The van der Waals surface area contributed by atoms with E-state index in [1.807, 2.05) is 19.1 Å². The van der Waals surface area contributed by atoms with Gasteiger partial charge in [0.1, 0.15) is 6.54 Å². The van der Waals surface area contributed by atoms with Crippen LogP contribution in [0.5, 0.6) is 0 Å². The number of carbonyl (C=O) groups excluding carboxylic acids is 1. The second-order valence-corrected chi connectivity index (χ2v) is 4.66. The van der Waals surface area contributed by atoms with Crippen LogP contribution < -0.4 is 0 Å². The minimum atomic E-state index is -4.41. The third-order valence-electron chi connectivity index (χ3n) is 2.55. The minimum Gasteiger partial charge on any atom is -0.332 e. The summed E-state index contributed by atoms with van der Waals surface area (Å²) in [4.78, 5) is 12.6. The Labute approximate surface area is 115 Å². The number of alkyl halides is 4. The monoisotopic (exact) mass is 293 g/mol. The van der Waals surface area contributed by atoms with Crippen LogP contribution in [0, 0.1) is 6.92 Å². The van der Waals surface area contributed by atoms with E-state index in [0.29, 0.717) is 5.56 Å². The number of hydrogen-bond donors (Lipinski definition) is 0. The number of nitrogens with zero attached hydrogens (tertiary/aromatic N) is 1. The number of benzene rings is 1. The van der Waals surface area contributed by atoms with E-state index in [9.17, 15) is 18.0 Å². The Morgan fingerprint density at radius 1 is 1.26 bits per heavy atom. The first-order valence-corrected chi connectivity index (χ1v) is 6.31. The molecule has 0 aliphatic heterocycles. The summed E-state index contributed by atoms with van der Waals surface area (Å²) in [5, 5.41) is 0. The molecule has 1 amide bonds. The number of hydrogen-bond acceptors (Lipinski definition) is 1. The van der Waals surface area contributed by atoms with Crippen molar-refractivity contribution < 1.29 is 18.0 Å². The second kappa shape index (κ2) is 6.80. The summed E-state index contributed by atoms with van der Waals surface area (Å²) in [5.41, 5.74) is 1.72. The summed E-state index contributed by atoms with van der Waals surface area (Å²) in [6.07, 6.45) is -4.46. The lowest BCUT2D eigenvalue weighted by Gasteiger charge is -2.23. The maximum absolute atomic E-state index is 12.3. The van der Waals surface area contributed by atoms with E-state index in [2.05, 4.69) is 0 Å². The van der Waals surface area contributed by atoms with Gasteiger partial charge in [-0.2, -0.15) is 13.2 Å². The Hall–Kier alpha value is -1.23. The van der Waals surface area contributed by atoms with Crippen LogP contribution in [-0.2, 0) is 11.2 Å². The van der Waals surface area contributed by atoms with E-state index in [4.69, 9.17) is 11.6 Å². The molecule has 2 nitrogen and oxygen atoms in total. The first-order valence-electron chi connectivity index (χ1n) is 5.78. The summed E-state index contributed by atoms with van der Waals surface area (Å²) in [6.45, 7) is 0.533. The molecule has 6 heteroatoms. The van der Waals surface area contributed by atoms with E-state index in [1.165, 1.54) is 0 Å². The molecule has 0 N–H and O–H groups in total. The van der Waals surface area contributed by atoms with Gasteiger partial charge in [-0.25, -0.2) is 0 Å². The molecule has 0 unspecified atom stereocenters. The molecule has 19 heavy (non-hydrogen) atoms. The molecule has 0 saturated carbocycles. The van der Waals surface area contributed by atoms with Gasteiger partial charge in [0.2, 0.25) is 5.91 Å². The van der Waals surface area contributed by atoms with Gasteiger partial charge in [0, 0.05) is 12.4 Å². The van der Waals surface area contributed by atoms with Gasteiger partial charge in [-0.1, -0.05) is 29.8 Å². The van der Waals surface area contributed by atoms with Gasteiger partial charge in [-0.05, 0) is 12.5 Å². The summed E-state index contributed by atoms with van der Waals surface area (Å²) in [7, 11) is 0. The quantitative estimate of drug-likeness (QED) is 0.764. The van der Waals surface area contributed by atoms with Crippen LogP contribution in [0.1, 0.15) is 11.1 Å². The maximum Gasteiger partial charge on any atom is 0.406 e. The first-order chi connectivity index (χ1) is 8.81. The van der Waals surface area contributed by atoms with E-state index in [1.54, 1.807) is 12.1 Å². The fraction of sp³-hybridized carbons (Fsp3) is 0.462. The molecule has 1 aromatic carbocycles. The van der Waals surface area contributed by atoms with Crippen molar-refractivity contribution in [3.05, 3.63) is 35.4 Å². The SMILES string of the molecule is Cc1ccc(CC(=O)N(CCCl)CC(F)(F)F)cc1. The molecular weight excluding hydrogens is 279 g/mol. The molecule has 0 bridgehead atoms. The third-order valence-corrected chi connectivity index (χ3v) is 2.72. The lowest BCUT2D eigenvalue weighted by molar-refractivity contribution is -0.160. The largest absolute Gasteiger partial charge is 0.406 e. The normalized spacial score (nSPS) is 11.4. The van der Waals surface area contributed by atoms with Gasteiger partial charge in [0.05, 0.1) is 6.42 Å². The molecule has 0 aliphatic carbocycles. The molecule has 0 fully saturated rings. The highest BCUT2D eigenvalue weighted by Gasteiger charge is 2.32. The Balaban J connectivity index is 2.68. The Bertz CT molecular complexity index is 417. The zero-order valence-electron chi connectivity index (χ0n) is 10.5. The van der Waals surface area contributed by atoms with Gasteiger partial charge in [0.15, 0.2) is 0 Å². The molecular formula is C13H15ClF3NO. The van der Waals surface area contributed by atoms with E-state index < -0.39 is 18.6 Å². The summed E-state index contributed by atoms with van der Waals surface area (Å²) in [5.74, 6) is -0.586.